The normalized spacial score (nSPS) is 11.6. The molecule has 0 saturated heterocycles. The minimum Gasteiger partial charge on any atom is -0.477 e. The summed E-state index contributed by atoms with van der Waals surface area (Å²) in [5.74, 6) is -5.38. The van der Waals surface area contributed by atoms with Crippen LogP contribution in [0.15, 0.2) is 17.0 Å². The van der Waals surface area contributed by atoms with Crippen molar-refractivity contribution in [3.63, 3.8) is 0 Å². The maximum atomic E-state index is 13.8. The van der Waals surface area contributed by atoms with Gasteiger partial charge in [0.25, 0.3) is 0 Å². The first kappa shape index (κ1) is 17.5. The fourth-order valence-electron chi connectivity index (χ4n) is 1.49. The maximum Gasteiger partial charge on any atom is 0.341 e. The molecule has 0 saturated carbocycles. The van der Waals surface area contributed by atoms with Crippen molar-refractivity contribution in [3.8, 4) is 0 Å². The number of hydrogen-bond donors (Lipinski definition) is 1. The van der Waals surface area contributed by atoms with Gasteiger partial charge < -0.3 is 14.6 Å². The number of carboxylic acid groups (broad SMARTS) is 1. The molecule has 1 aromatic rings. The molecule has 0 fully saturated rings. The summed E-state index contributed by atoms with van der Waals surface area (Å²) in [7, 11) is -2.68. The number of aromatic carboxylic acids is 1. The molecule has 21 heavy (non-hydrogen) atoms. The molecule has 1 N–H and O–H groups in total. The molecule has 0 bridgehead atoms. The topological polar surface area (TPSA) is 89.9 Å². The third-order valence-corrected chi connectivity index (χ3v) is 4.22. The molecule has 0 atom stereocenters. The fourth-order valence-corrected chi connectivity index (χ4v) is 2.70. The Kier molecular flexibility index (Phi) is 6.19. The van der Waals surface area contributed by atoms with Crippen LogP contribution in [-0.4, -0.2) is 52.2 Å². The average molecular weight is 324 g/mol. The minimum atomic E-state index is -4.12. The molecular weight excluding hydrogens is 310 g/mol. The summed E-state index contributed by atoms with van der Waals surface area (Å²) in [6, 6.07) is 1.30. The van der Waals surface area contributed by atoms with Crippen molar-refractivity contribution in [1.29, 1.82) is 0 Å². The number of carbonyl (C=O) groups is 1. The summed E-state index contributed by atoms with van der Waals surface area (Å²) >= 11 is 0. The molecule has 0 radical (unpaired) electrons. The molecular formula is C12H14F2O6S. The summed E-state index contributed by atoms with van der Waals surface area (Å²) in [4.78, 5) is 9.88. The van der Waals surface area contributed by atoms with Crippen molar-refractivity contribution >= 4 is 15.8 Å². The first-order valence-electron chi connectivity index (χ1n) is 5.82. The van der Waals surface area contributed by atoms with Crippen LogP contribution in [0.5, 0.6) is 0 Å². The van der Waals surface area contributed by atoms with Gasteiger partial charge in [0, 0.05) is 7.11 Å². The van der Waals surface area contributed by atoms with Crippen molar-refractivity contribution in [2.45, 2.75) is 4.90 Å². The second kappa shape index (κ2) is 7.43. The molecule has 0 aliphatic heterocycles. The van der Waals surface area contributed by atoms with Crippen LogP contribution in [0.4, 0.5) is 8.78 Å². The Balaban J connectivity index is 2.94. The summed E-state index contributed by atoms with van der Waals surface area (Å²) in [5, 5.41) is 8.70. The van der Waals surface area contributed by atoms with E-state index < -0.39 is 43.7 Å². The lowest BCUT2D eigenvalue weighted by atomic mass is 10.2. The van der Waals surface area contributed by atoms with Gasteiger partial charge in [-0.25, -0.2) is 22.0 Å². The average Bonchev–Trinajstić information content (AvgIpc) is 2.37. The second-order valence-corrected chi connectivity index (χ2v) is 6.04. The molecule has 0 amide bonds. The highest BCUT2D eigenvalue weighted by molar-refractivity contribution is 7.91. The first-order chi connectivity index (χ1) is 9.81. The van der Waals surface area contributed by atoms with Crippen LogP contribution in [0.3, 0.4) is 0 Å². The number of sulfone groups is 1. The van der Waals surface area contributed by atoms with E-state index >= 15 is 0 Å². The molecule has 0 unspecified atom stereocenters. The van der Waals surface area contributed by atoms with Gasteiger partial charge in [-0.15, -0.1) is 0 Å². The van der Waals surface area contributed by atoms with Crippen LogP contribution in [0, 0.1) is 11.6 Å². The van der Waals surface area contributed by atoms with Crippen molar-refractivity contribution in [3.05, 3.63) is 29.3 Å². The molecule has 118 valence electrons. The van der Waals surface area contributed by atoms with Crippen LogP contribution >= 0.6 is 0 Å². The lowest BCUT2D eigenvalue weighted by Gasteiger charge is -2.08. The monoisotopic (exact) mass is 324 g/mol. The third-order valence-electron chi connectivity index (χ3n) is 2.53. The number of benzene rings is 1. The summed E-state index contributed by atoms with van der Waals surface area (Å²) < 4.78 is 60.5. The fraction of sp³-hybridized carbons (Fsp3) is 0.417. The Morgan fingerprint density at radius 3 is 2.48 bits per heavy atom. The molecule has 6 nitrogen and oxygen atoms in total. The Morgan fingerprint density at radius 1 is 1.24 bits per heavy atom. The van der Waals surface area contributed by atoms with Gasteiger partial charge in [-0.05, 0) is 12.1 Å². The Morgan fingerprint density at radius 2 is 1.90 bits per heavy atom. The first-order valence-corrected chi connectivity index (χ1v) is 7.47. The SMILES string of the molecule is COCCOCCS(=O)(=O)c1ccc(F)c(C(=O)O)c1F. The zero-order chi connectivity index (χ0) is 16.0. The molecule has 0 heterocycles. The lowest BCUT2D eigenvalue weighted by Crippen LogP contribution is -2.17. The largest absolute Gasteiger partial charge is 0.477 e. The van der Waals surface area contributed by atoms with E-state index in [-0.39, 0.29) is 19.8 Å². The summed E-state index contributed by atoms with van der Waals surface area (Å²) in [6.07, 6.45) is 0. The maximum absolute atomic E-state index is 13.8. The smallest absolute Gasteiger partial charge is 0.341 e. The van der Waals surface area contributed by atoms with Crippen molar-refractivity contribution in [2.75, 3.05) is 32.7 Å². The zero-order valence-electron chi connectivity index (χ0n) is 11.1. The van der Waals surface area contributed by atoms with Gasteiger partial charge in [0.15, 0.2) is 15.7 Å². The summed E-state index contributed by atoms with van der Waals surface area (Å²) in [6.45, 7) is 0.220. The van der Waals surface area contributed by atoms with E-state index in [1.807, 2.05) is 0 Å². The van der Waals surface area contributed by atoms with E-state index in [9.17, 15) is 22.0 Å². The molecule has 9 heteroatoms. The van der Waals surface area contributed by atoms with Gasteiger partial charge in [-0.2, -0.15) is 0 Å². The molecule has 0 aliphatic carbocycles. The van der Waals surface area contributed by atoms with Crippen LogP contribution < -0.4 is 0 Å². The van der Waals surface area contributed by atoms with E-state index in [1.165, 1.54) is 7.11 Å². The molecule has 0 aromatic heterocycles. The van der Waals surface area contributed by atoms with Crippen LogP contribution in [0.25, 0.3) is 0 Å². The zero-order valence-corrected chi connectivity index (χ0v) is 12.0. The highest BCUT2D eigenvalue weighted by Gasteiger charge is 2.26. The Hall–Kier alpha value is -1.58. The minimum absolute atomic E-state index is 0.165. The number of halogens is 2. The van der Waals surface area contributed by atoms with E-state index in [0.717, 1.165) is 0 Å². The van der Waals surface area contributed by atoms with Gasteiger partial charge in [0.1, 0.15) is 16.3 Å². The van der Waals surface area contributed by atoms with Gasteiger partial charge >= 0.3 is 5.97 Å². The number of carboxylic acids is 1. The van der Waals surface area contributed by atoms with Gasteiger partial charge in [0.2, 0.25) is 0 Å². The van der Waals surface area contributed by atoms with Crippen molar-refractivity contribution in [2.24, 2.45) is 0 Å². The quantitative estimate of drug-likeness (QED) is 0.569. The lowest BCUT2D eigenvalue weighted by molar-refractivity contribution is 0.0685. The Labute approximate surface area is 120 Å². The predicted molar refractivity (Wildman–Crippen MR) is 68.1 cm³/mol. The molecule has 1 rings (SSSR count). The number of methoxy groups -OCH3 is 1. The van der Waals surface area contributed by atoms with E-state index in [0.29, 0.717) is 12.1 Å². The standard InChI is InChI=1S/C12H14F2O6S/c1-19-4-5-20-6-7-21(17,18)9-3-2-8(13)10(11(9)14)12(15)16/h2-3H,4-7H2,1H3,(H,15,16). The van der Waals surface area contributed by atoms with E-state index in [4.69, 9.17) is 14.6 Å². The molecule has 0 spiro atoms. The summed E-state index contributed by atoms with van der Waals surface area (Å²) in [5.41, 5.74) is -1.30. The van der Waals surface area contributed by atoms with E-state index in [1.54, 1.807) is 0 Å². The highest BCUT2D eigenvalue weighted by Crippen LogP contribution is 2.22. The molecule has 0 aliphatic rings. The van der Waals surface area contributed by atoms with Crippen LogP contribution in [0.2, 0.25) is 0 Å². The van der Waals surface area contributed by atoms with Crippen molar-refractivity contribution < 1.29 is 36.6 Å². The van der Waals surface area contributed by atoms with Gasteiger partial charge in [0.05, 0.1) is 25.6 Å². The van der Waals surface area contributed by atoms with E-state index in [2.05, 4.69) is 0 Å². The van der Waals surface area contributed by atoms with Gasteiger partial charge in [-0.1, -0.05) is 0 Å². The molecule has 1 aromatic carbocycles. The van der Waals surface area contributed by atoms with Crippen molar-refractivity contribution in [1.82, 2.24) is 0 Å². The number of rotatable bonds is 8. The number of hydrogen-bond acceptors (Lipinski definition) is 5. The predicted octanol–water partition coefficient (Wildman–Crippen LogP) is 1.10. The van der Waals surface area contributed by atoms with Crippen LogP contribution in [-0.2, 0) is 19.3 Å². The second-order valence-electron chi connectivity index (χ2n) is 3.96. The van der Waals surface area contributed by atoms with Crippen LogP contribution in [0.1, 0.15) is 10.4 Å². The Bertz CT molecular complexity index is 614. The third kappa shape index (κ3) is 4.45. The highest BCUT2D eigenvalue weighted by atomic mass is 32.2. The number of ether oxygens (including phenoxy) is 2. The van der Waals surface area contributed by atoms with Gasteiger partial charge in [-0.3, -0.25) is 0 Å².